The van der Waals surface area contributed by atoms with Gasteiger partial charge >= 0.3 is 0 Å². The van der Waals surface area contributed by atoms with Crippen molar-refractivity contribution < 1.29 is 14.3 Å². The fraction of sp³-hybridized carbons (Fsp3) is 0.474. The fourth-order valence-electron chi connectivity index (χ4n) is 3.29. The predicted octanol–water partition coefficient (Wildman–Crippen LogP) is 2.52. The average molecular weight is 341 g/mol. The van der Waals surface area contributed by atoms with Crippen LogP contribution in [0.15, 0.2) is 36.5 Å². The molecule has 4 rings (SSSR count). The zero-order valence-electron chi connectivity index (χ0n) is 14.4. The molecule has 2 heterocycles. The van der Waals surface area contributed by atoms with Crippen LogP contribution in [0.25, 0.3) is 5.69 Å². The van der Waals surface area contributed by atoms with Gasteiger partial charge in [-0.1, -0.05) is 18.2 Å². The van der Waals surface area contributed by atoms with Crippen LogP contribution < -0.4 is 4.74 Å². The van der Waals surface area contributed by atoms with E-state index < -0.39 is 0 Å². The van der Waals surface area contributed by atoms with E-state index in [0.717, 1.165) is 44.7 Å². The first-order chi connectivity index (χ1) is 12.3. The van der Waals surface area contributed by atoms with Gasteiger partial charge in [0, 0.05) is 25.1 Å². The van der Waals surface area contributed by atoms with Crippen molar-refractivity contribution in [3.8, 4) is 11.4 Å². The van der Waals surface area contributed by atoms with Gasteiger partial charge in [-0.05, 0) is 31.4 Å². The van der Waals surface area contributed by atoms with E-state index in [4.69, 9.17) is 9.47 Å². The third kappa shape index (κ3) is 3.39. The van der Waals surface area contributed by atoms with E-state index in [1.165, 1.54) is 0 Å². The molecular weight excluding hydrogens is 318 g/mol. The minimum atomic E-state index is -0.0408. The highest BCUT2D eigenvalue weighted by Gasteiger charge is 2.37. The van der Waals surface area contributed by atoms with Crippen molar-refractivity contribution in [2.75, 3.05) is 26.9 Å². The molecule has 2 aromatic rings. The number of rotatable bonds is 6. The molecule has 0 spiro atoms. The lowest BCUT2D eigenvalue weighted by atomic mass is 10.1. The summed E-state index contributed by atoms with van der Waals surface area (Å²) in [6.45, 7) is 2.28. The zero-order chi connectivity index (χ0) is 17.2. The summed E-state index contributed by atoms with van der Waals surface area (Å²) < 4.78 is 12.6. The van der Waals surface area contributed by atoms with E-state index in [-0.39, 0.29) is 5.91 Å². The summed E-state index contributed by atoms with van der Waals surface area (Å²) in [5, 5.41) is 4.53. The maximum absolute atomic E-state index is 13.2. The van der Waals surface area contributed by atoms with Crippen molar-refractivity contribution in [1.29, 1.82) is 0 Å². The Bertz CT molecular complexity index is 734. The molecule has 0 radical (unpaired) electrons. The van der Waals surface area contributed by atoms with Crippen molar-refractivity contribution in [3.05, 3.63) is 42.2 Å². The molecular formula is C19H23N3O3. The number of ether oxygens (including phenoxy) is 2. The zero-order valence-corrected chi connectivity index (χ0v) is 14.4. The van der Waals surface area contributed by atoms with Crippen LogP contribution in [0.5, 0.6) is 5.75 Å². The molecule has 1 aromatic carbocycles. The summed E-state index contributed by atoms with van der Waals surface area (Å²) in [4.78, 5) is 15.1. The second-order valence-electron chi connectivity index (χ2n) is 6.74. The van der Waals surface area contributed by atoms with Gasteiger partial charge in [0.25, 0.3) is 5.91 Å². The molecule has 0 N–H and O–H groups in total. The van der Waals surface area contributed by atoms with Gasteiger partial charge in [0.1, 0.15) is 0 Å². The maximum atomic E-state index is 13.2. The number of carbonyl (C=O) groups excluding carboxylic acids is 1. The van der Waals surface area contributed by atoms with E-state index in [0.29, 0.717) is 23.4 Å². The van der Waals surface area contributed by atoms with E-state index in [1.807, 2.05) is 35.2 Å². The Morgan fingerprint density at radius 1 is 1.32 bits per heavy atom. The standard InChI is InChI=1S/C19H23N3O3/c1-24-17-12-22(16-5-3-2-4-6-16)20-18(17)19(23)21(15-7-8-15)11-14-9-10-25-13-14/h2-6,12,14-15H,7-11,13H2,1H3. The van der Waals surface area contributed by atoms with Gasteiger partial charge in [0.2, 0.25) is 0 Å². The second kappa shape index (κ2) is 6.88. The van der Waals surface area contributed by atoms with Crippen molar-refractivity contribution in [2.24, 2.45) is 5.92 Å². The highest BCUT2D eigenvalue weighted by atomic mass is 16.5. The predicted molar refractivity (Wildman–Crippen MR) is 93.1 cm³/mol. The lowest BCUT2D eigenvalue weighted by molar-refractivity contribution is 0.0696. The summed E-state index contributed by atoms with van der Waals surface area (Å²) in [6.07, 6.45) is 4.93. The summed E-state index contributed by atoms with van der Waals surface area (Å²) in [6, 6.07) is 10.1. The van der Waals surface area contributed by atoms with Crippen molar-refractivity contribution in [2.45, 2.75) is 25.3 Å². The first-order valence-corrected chi connectivity index (χ1v) is 8.84. The monoisotopic (exact) mass is 341 g/mol. The van der Waals surface area contributed by atoms with E-state index >= 15 is 0 Å². The van der Waals surface area contributed by atoms with Crippen molar-refractivity contribution in [1.82, 2.24) is 14.7 Å². The lowest BCUT2D eigenvalue weighted by Gasteiger charge is -2.24. The Kier molecular flexibility index (Phi) is 4.44. The van der Waals surface area contributed by atoms with Gasteiger partial charge in [-0.3, -0.25) is 4.79 Å². The molecule has 25 heavy (non-hydrogen) atoms. The molecule has 132 valence electrons. The van der Waals surface area contributed by atoms with Crippen molar-refractivity contribution >= 4 is 5.91 Å². The second-order valence-corrected chi connectivity index (χ2v) is 6.74. The van der Waals surface area contributed by atoms with Crippen LogP contribution in [0.4, 0.5) is 0 Å². The highest BCUT2D eigenvalue weighted by molar-refractivity contribution is 5.95. The highest BCUT2D eigenvalue weighted by Crippen LogP contribution is 2.32. The Morgan fingerprint density at radius 2 is 2.12 bits per heavy atom. The Morgan fingerprint density at radius 3 is 2.76 bits per heavy atom. The van der Waals surface area contributed by atoms with Gasteiger partial charge < -0.3 is 14.4 Å². The summed E-state index contributed by atoms with van der Waals surface area (Å²) >= 11 is 0. The van der Waals surface area contributed by atoms with Gasteiger partial charge in [0.15, 0.2) is 11.4 Å². The molecule has 6 heteroatoms. The summed E-state index contributed by atoms with van der Waals surface area (Å²) in [5.74, 6) is 0.898. The van der Waals surface area contributed by atoms with Crippen molar-refractivity contribution in [3.63, 3.8) is 0 Å². The molecule has 2 aliphatic rings. The molecule has 1 saturated carbocycles. The first-order valence-electron chi connectivity index (χ1n) is 8.84. The number of benzene rings is 1. The van der Waals surface area contributed by atoms with Crippen LogP contribution in [0.1, 0.15) is 29.8 Å². The number of para-hydroxylation sites is 1. The maximum Gasteiger partial charge on any atom is 0.278 e. The Balaban J connectivity index is 1.60. The molecule has 0 bridgehead atoms. The molecule has 1 aliphatic carbocycles. The largest absolute Gasteiger partial charge is 0.493 e. The number of nitrogens with zero attached hydrogens (tertiary/aromatic N) is 3. The third-order valence-corrected chi connectivity index (χ3v) is 4.85. The van der Waals surface area contributed by atoms with Gasteiger partial charge in [-0.25, -0.2) is 4.68 Å². The summed E-state index contributed by atoms with van der Waals surface area (Å²) in [5.41, 5.74) is 1.29. The van der Waals surface area contributed by atoms with Crippen LogP contribution >= 0.6 is 0 Å². The molecule has 2 fully saturated rings. The van der Waals surface area contributed by atoms with Crippen LogP contribution in [0.2, 0.25) is 0 Å². The number of carbonyl (C=O) groups is 1. The molecule has 1 aromatic heterocycles. The minimum Gasteiger partial charge on any atom is -0.493 e. The van der Waals surface area contributed by atoms with E-state index in [2.05, 4.69) is 5.10 Å². The molecule has 1 amide bonds. The number of aromatic nitrogens is 2. The van der Waals surface area contributed by atoms with Crippen LogP contribution in [0, 0.1) is 5.92 Å². The quantitative estimate of drug-likeness (QED) is 0.810. The van der Waals surface area contributed by atoms with Gasteiger partial charge in [-0.2, -0.15) is 5.10 Å². The topological polar surface area (TPSA) is 56.6 Å². The van der Waals surface area contributed by atoms with Gasteiger partial charge in [0.05, 0.1) is 25.6 Å². The number of hydrogen-bond acceptors (Lipinski definition) is 4. The fourth-order valence-corrected chi connectivity index (χ4v) is 3.29. The van der Waals surface area contributed by atoms with Gasteiger partial charge in [-0.15, -0.1) is 0 Å². The average Bonchev–Trinajstić information content (AvgIpc) is 3.19. The molecule has 1 saturated heterocycles. The van der Waals surface area contributed by atoms with Crippen LogP contribution in [0.3, 0.4) is 0 Å². The Labute approximate surface area is 147 Å². The normalized spacial score (nSPS) is 19.8. The number of amides is 1. The SMILES string of the molecule is COc1cn(-c2ccccc2)nc1C(=O)N(CC1CCOC1)C1CC1. The number of hydrogen-bond donors (Lipinski definition) is 0. The van der Waals surface area contributed by atoms with Crippen LogP contribution in [-0.4, -0.2) is 53.5 Å². The molecule has 1 atom stereocenters. The lowest BCUT2D eigenvalue weighted by Crippen LogP contribution is -2.38. The summed E-state index contributed by atoms with van der Waals surface area (Å²) in [7, 11) is 1.58. The minimum absolute atomic E-state index is 0.0408. The smallest absolute Gasteiger partial charge is 0.278 e. The van der Waals surface area contributed by atoms with E-state index in [1.54, 1.807) is 18.0 Å². The first kappa shape index (κ1) is 16.1. The van der Waals surface area contributed by atoms with E-state index in [9.17, 15) is 4.79 Å². The molecule has 1 unspecified atom stereocenters. The third-order valence-electron chi connectivity index (χ3n) is 4.85. The van der Waals surface area contributed by atoms with Crippen LogP contribution in [-0.2, 0) is 4.74 Å². The number of methoxy groups -OCH3 is 1. The molecule has 6 nitrogen and oxygen atoms in total. The molecule has 1 aliphatic heterocycles. The Hall–Kier alpha value is -2.34.